The van der Waals surface area contributed by atoms with Gasteiger partial charge in [-0.05, 0) is 105 Å². The first-order chi connectivity index (χ1) is 24.9. The molecule has 6 aliphatic carbocycles. The van der Waals surface area contributed by atoms with E-state index >= 15 is 0 Å². The summed E-state index contributed by atoms with van der Waals surface area (Å²) < 4.78 is 0. The number of ketones is 1. The van der Waals surface area contributed by atoms with Crippen LogP contribution < -0.4 is 0 Å². The lowest BCUT2D eigenvalue weighted by Gasteiger charge is -2.71. The molecule has 2 bridgehead atoms. The molecule has 3 saturated carbocycles. The third-order valence-corrected chi connectivity index (χ3v) is 16.7. The number of thiophene rings is 1. The number of piperazine rings is 1. The number of carbonyl (C=O) groups excluding carboxylic acids is 1. The van der Waals surface area contributed by atoms with Gasteiger partial charge in [-0.1, -0.05) is 86.1 Å². The van der Waals surface area contributed by atoms with Crippen LogP contribution in [0.1, 0.15) is 90.5 Å². The highest BCUT2D eigenvalue weighted by atomic mass is 35.5. The lowest BCUT2D eigenvalue weighted by atomic mass is 9.32. The number of aryl methyl sites for hydroxylation is 1. The molecule has 1 aliphatic heterocycles. The Hall–Kier alpha value is -2.58. The van der Waals surface area contributed by atoms with Crippen molar-refractivity contribution in [3.05, 3.63) is 116 Å². The van der Waals surface area contributed by atoms with Gasteiger partial charge in [-0.15, -0.1) is 11.3 Å². The molecule has 7 aliphatic rings. The molecular weight excluding hydrogens is 684 g/mol. The summed E-state index contributed by atoms with van der Waals surface area (Å²) in [6, 6.07) is 23.3. The van der Waals surface area contributed by atoms with E-state index in [4.69, 9.17) is 11.6 Å². The number of halogens is 1. The second-order valence-corrected chi connectivity index (χ2v) is 19.5. The molecule has 274 valence electrons. The van der Waals surface area contributed by atoms with Gasteiger partial charge in [-0.2, -0.15) is 0 Å². The Kier molecular flexibility index (Phi) is 8.43. The minimum absolute atomic E-state index is 0.0200. The van der Waals surface area contributed by atoms with E-state index in [0.29, 0.717) is 18.9 Å². The maximum Gasteiger partial charge on any atom is 0.199 e. The van der Waals surface area contributed by atoms with Crippen molar-refractivity contribution in [1.82, 2.24) is 9.80 Å². The number of carbonyl (C=O) groups is 1. The van der Waals surface area contributed by atoms with Crippen molar-refractivity contribution in [2.24, 2.45) is 33.5 Å². The van der Waals surface area contributed by atoms with Crippen LogP contribution in [0.2, 0.25) is 5.02 Å². The Balaban J connectivity index is 1.00. The van der Waals surface area contributed by atoms with Crippen molar-refractivity contribution in [3.8, 4) is 0 Å². The van der Waals surface area contributed by atoms with Gasteiger partial charge in [0.25, 0.3) is 0 Å². The van der Waals surface area contributed by atoms with E-state index in [1.807, 2.05) is 18.2 Å². The van der Waals surface area contributed by atoms with Gasteiger partial charge in [0.2, 0.25) is 0 Å². The fraction of sp³-hybridized carbons (Fsp3) is 0.533. The molecule has 52 heavy (non-hydrogen) atoms. The number of rotatable bonds is 7. The second kappa shape index (κ2) is 12.5. The molecule has 9 unspecified atom stereocenters. The molecule has 3 aromatic rings. The van der Waals surface area contributed by atoms with Gasteiger partial charge >= 0.3 is 0 Å². The van der Waals surface area contributed by atoms with Crippen LogP contribution in [0.5, 0.6) is 0 Å². The van der Waals surface area contributed by atoms with Gasteiger partial charge in [-0.3, -0.25) is 14.6 Å². The van der Waals surface area contributed by atoms with Crippen LogP contribution in [0.15, 0.2) is 90.5 Å². The summed E-state index contributed by atoms with van der Waals surface area (Å²) in [5, 5.41) is 24.8. The van der Waals surface area contributed by atoms with Crippen LogP contribution in [0.25, 0.3) is 0 Å². The highest BCUT2D eigenvalue weighted by molar-refractivity contribution is 7.14. The largest absolute Gasteiger partial charge is 0.393 e. The van der Waals surface area contributed by atoms with Gasteiger partial charge in [0, 0.05) is 64.4 Å². The lowest BCUT2D eigenvalue weighted by Crippen LogP contribution is -2.67. The molecule has 2 heterocycles. The fourth-order valence-electron chi connectivity index (χ4n) is 12.7. The predicted molar refractivity (Wildman–Crippen MR) is 210 cm³/mol. The number of Topliss-reactive ketones (excluding diaryl/α,β-unsaturated/α-hetero) is 1. The van der Waals surface area contributed by atoms with Crippen LogP contribution in [0.4, 0.5) is 0 Å². The van der Waals surface area contributed by atoms with Crippen LogP contribution in [-0.2, 0) is 0 Å². The number of benzene rings is 2. The van der Waals surface area contributed by atoms with Crippen molar-refractivity contribution in [2.45, 2.75) is 83.5 Å². The van der Waals surface area contributed by atoms with Gasteiger partial charge in [-0.25, -0.2) is 0 Å². The zero-order chi connectivity index (χ0) is 36.1. The van der Waals surface area contributed by atoms with Crippen molar-refractivity contribution in [3.63, 3.8) is 0 Å². The van der Waals surface area contributed by atoms with Crippen LogP contribution in [-0.4, -0.2) is 70.2 Å². The van der Waals surface area contributed by atoms with Crippen molar-refractivity contribution in [2.75, 3.05) is 32.7 Å². The maximum atomic E-state index is 14.8. The minimum Gasteiger partial charge on any atom is -0.393 e. The van der Waals surface area contributed by atoms with E-state index in [1.165, 1.54) is 11.1 Å². The summed E-state index contributed by atoms with van der Waals surface area (Å²) in [7, 11) is 0. The first-order valence-electron chi connectivity index (χ1n) is 19.6. The topological polar surface area (TPSA) is 64.0 Å². The van der Waals surface area contributed by atoms with Crippen LogP contribution in [0, 0.1) is 40.4 Å². The average molecular weight is 737 g/mol. The normalized spacial score (nSPS) is 39.0. The number of aliphatic hydroxyl groups excluding tert-OH is 1. The number of β-amino-alcohol motifs (C(OH)–C–C–N with tert-alkyl or cyclic N) is 1. The Morgan fingerprint density at radius 1 is 0.865 bits per heavy atom. The Morgan fingerprint density at radius 3 is 2.25 bits per heavy atom. The smallest absolute Gasteiger partial charge is 0.199 e. The van der Waals surface area contributed by atoms with E-state index in [9.17, 15) is 15.0 Å². The van der Waals surface area contributed by atoms with Crippen LogP contribution >= 0.6 is 22.9 Å². The third-order valence-electron chi connectivity index (χ3n) is 15.5. The third kappa shape index (κ3) is 5.04. The quantitative estimate of drug-likeness (QED) is 0.188. The number of fused-ring (bicyclic) bond motifs is 1. The summed E-state index contributed by atoms with van der Waals surface area (Å²) in [6.07, 6.45) is 13.0. The summed E-state index contributed by atoms with van der Waals surface area (Å²) in [6.45, 7) is 11.2. The van der Waals surface area contributed by atoms with Gasteiger partial charge in [0.1, 0.15) is 0 Å². The molecule has 5 nitrogen and oxygen atoms in total. The molecule has 7 heteroatoms. The lowest BCUT2D eigenvalue weighted by molar-refractivity contribution is -0.177. The minimum atomic E-state index is -0.842. The molecule has 4 fully saturated rings. The molecule has 0 amide bonds. The molecule has 2 spiro atoms. The molecular formula is C45H53ClN2O3S. The van der Waals surface area contributed by atoms with Gasteiger partial charge in [0.15, 0.2) is 5.78 Å². The van der Waals surface area contributed by atoms with Crippen molar-refractivity contribution in [1.29, 1.82) is 0 Å². The maximum absolute atomic E-state index is 14.8. The summed E-state index contributed by atoms with van der Waals surface area (Å²) in [4.78, 5) is 21.8. The molecule has 9 atom stereocenters. The Bertz CT molecular complexity index is 1920. The van der Waals surface area contributed by atoms with Crippen molar-refractivity contribution < 1.29 is 15.0 Å². The highest BCUT2D eigenvalue weighted by Gasteiger charge is 2.74. The highest BCUT2D eigenvalue weighted by Crippen LogP contribution is 2.78. The fourth-order valence-corrected chi connectivity index (χ4v) is 13.7. The second-order valence-electron chi connectivity index (χ2n) is 17.7. The average Bonchev–Trinajstić information content (AvgIpc) is 3.69. The first kappa shape index (κ1) is 35.1. The molecule has 1 saturated heterocycles. The summed E-state index contributed by atoms with van der Waals surface area (Å²) in [5.41, 5.74) is 1.59. The number of nitrogens with zero attached hydrogens (tertiary/aromatic N) is 2. The Labute approximate surface area is 318 Å². The number of hydrogen-bond donors (Lipinski definition) is 2. The number of allylic oxidation sites excluding steroid dienone is 4. The molecule has 10 rings (SSSR count). The van der Waals surface area contributed by atoms with E-state index in [1.54, 1.807) is 11.3 Å². The SMILES string of the molecule is Cc1ccc(C(=O)C2=CC34C=CC25C(CCC2(C)C5CCC2(O)CN2CCN(C(c5ccccc5)c5ccc(Cl)cc5)CC2)C3(C)CCC(O)C4)s1. The first-order valence-corrected chi connectivity index (χ1v) is 20.8. The Morgan fingerprint density at radius 2 is 1.54 bits per heavy atom. The number of aliphatic hydroxyl groups is 2. The van der Waals surface area contributed by atoms with Crippen LogP contribution in [0.3, 0.4) is 0 Å². The predicted octanol–water partition coefficient (Wildman–Crippen LogP) is 8.89. The van der Waals surface area contributed by atoms with E-state index in [-0.39, 0.29) is 40.1 Å². The molecule has 1 aromatic heterocycles. The molecule has 0 radical (unpaired) electrons. The monoisotopic (exact) mass is 736 g/mol. The van der Waals surface area contributed by atoms with Gasteiger partial charge < -0.3 is 10.2 Å². The van der Waals surface area contributed by atoms with E-state index in [2.05, 4.69) is 97.3 Å². The van der Waals surface area contributed by atoms with E-state index < -0.39 is 11.0 Å². The zero-order valence-electron chi connectivity index (χ0n) is 30.9. The summed E-state index contributed by atoms with van der Waals surface area (Å²) >= 11 is 7.89. The van der Waals surface area contributed by atoms with Crippen molar-refractivity contribution >= 4 is 28.7 Å². The summed E-state index contributed by atoms with van der Waals surface area (Å²) in [5.74, 6) is 0.652. The molecule has 2 N–H and O–H groups in total. The van der Waals surface area contributed by atoms with Gasteiger partial charge in [0.05, 0.1) is 22.6 Å². The number of hydrogen-bond acceptors (Lipinski definition) is 6. The standard InChI is InChI=1S/C45H53ClN2O3S/c1-30-9-14-36(52-30)40(50)35-28-43-21-22-45(35)37(41(43,2)18-15-34(49)27-43)16-19-42(3)38(45)17-20-44(42,51)29-47-23-25-48(26-24-47)39(31-7-5-4-6-8-31)32-10-12-33(46)13-11-32/h4-14,21-22,28,34,37-39,49,51H,15-20,23-27,29H2,1-3H3. The van der Waals surface area contributed by atoms with E-state index in [0.717, 1.165) is 85.1 Å². The molecule has 2 aromatic carbocycles. The zero-order valence-corrected chi connectivity index (χ0v) is 32.4.